The highest BCUT2D eigenvalue weighted by atomic mass is 19.1. The van der Waals surface area contributed by atoms with Crippen LogP contribution in [0.3, 0.4) is 0 Å². The Bertz CT molecular complexity index is 302. The highest BCUT2D eigenvalue weighted by Gasteiger charge is 1.99. The molecule has 1 rings (SSSR count). The molecule has 0 amide bonds. The van der Waals surface area contributed by atoms with Gasteiger partial charge in [-0.25, -0.2) is 4.39 Å². The van der Waals surface area contributed by atoms with Gasteiger partial charge in [-0.1, -0.05) is 13.8 Å². The van der Waals surface area contributed by atoms with E-state index in [1.807, 2.05) is 19.9 Å². The standard InChI is InChI=1S/C8H7FN2.C2H6/c9-8-2-1-6(4-10)3-7(8)5-11;1-2/h1-3H,5,11H2;1-2H3. The minimum atomic E-state index is -0.355. The molecule has 0 aliphatic carbocycles. The molecular weight excluding hydrogens is 167 g/mol. The largest absolute Gasteiger partial charge is 0.326 e. The minimum absolute atomic E-state index is 0.126. The predicted molar refractivity (Wildman–Crippen MR) is 50.4 cm³/mol. The van der Waals surface area contributed by atoms with E-state index in [2.05, 4.69) is 0 Å². The second-order valence-corrected chi connectivity index (χ2v) is 2.12. The Balaban J connectivity index is 0.000000671. The van der Waals surface area contributed by atoms with Crippen molar-refractivity contribution in [2.24, 2.45) is 5.73 Å². The summed E-state index contributed by atoms with van der Waals surface area (Å²) in [6.45, 7) is 4.13. The number of nitrogens with two attached hydrogens (primary N) is 1. The zero-order chi connectivity index (χ0) is 10.3. The van der Waals surface area contributed by atoms with Crippen LogP contribution < -0.4 is 5.73 Å². The molecule has 0 radical (unpaired) electrons. The number of nitriles is 1. The molecule has 0 saturated heterocycles. The monoisotopic (exact) mass is 180 g/mol. The van der Waals surface area contributed by atoms with Gasteiger partial charge in [0.05, 0.1) is 11.6 Å². The number of hydrogen-bond acceptors (Lipinski definition) is 2. The Morgan fingerprint density at radius 2 is 2.08 bits per heavy atom. The van der Waals surface area contributed by atoms with E-state index in [9.17, 15) is 4.39 Å². The molecule has 0 unspecified atom stereocenters. The molecule has 2 N–H and O–H groups in total. The van der Waals surface area contributed by atoms with Gasteiger partial charge in [-0.05, 0) is 18.2 Å². The average Bonchev–Trinajstić information content (AvgIpc) is 2.22. The van der Waals surface area contributed by atoms with Gasteiger partial charge in [-0.15, -0.1) is 0 Å². The molecule has 0 aliphatic rings. The van der Waals surface area contributed by atoms with E-state index in [-0.39, 0.29) is 12.4 Å². The molecule has 0 saturated carbocycles. The van der Waals surface area contributed by atoms with Gasteiger partial charge in [0.15, 0.2) is 0 Å². The zero-order valence-electron chi connectivity index (χ0n) is 7.84. The molecule has 70 valence electrons. The fourth-order valence-corrected chi connectivity index (χ4v) is 0.801. The van der Waals surface area contributed by atoms with Gasteiger partial charge >= 0.3 is 0 Å². The van der Waals surface area contributed by atoms with Crippen molar-refractivity contribution < 1.29 is 4.39 Å². The molecule has 0 heterocycles. The quantitative estimate of drug-likeness (QED) is 0.720. The maximum Gasteiger partial charge on any atom is 0.127 e. The molecule has 0 bridgehead atoms. The Kier molecular flexibility index (Phi) is 5.49. The van der Waals surface area contributed by atoms with Crippen LogP contribution in [0.1, 0.15) is 25.0 Å². The minimum Gasteiger partial charge on any atom is -0.326 e. The second kappa shape index (κ2) is 6.15. The molecule has 0 aromatic heterocycles. The molecule has 0 spiro atoms. The fraction of sp³-hybridized carbons (Fsp3) is 0.300. The van der Waals surface area contributed by atoms with Gasteiger partial charge in [-0.3, -0.25) is 0 Å². The van der Waals surface area contributed by atoms with E-state index < -0.39 is 0 Å². The summed E-state index contributed by atoms with van der Waals surface area (Å²) in [6.07, 6.45) is 0. The second-order valence-electron chi connectivity index (χ2n) is 2.12. The summed E-state index contributed by atoms with van der Waals surface area (Å²) in [5.74, 6) is -0.355. The van der Waals surface area contributed by atoms with Gasteiger partial charge < -0.3 is 5.73 Å². The Labute approximate surface area is 77.8 Å². The van der Waals surface area contributed by atoms with Crippen LogP contribution in [0.5, 0.6) is 0 Å². The molecular formula is C10H13FN2. The van der Waals surface area contributed by atoms with Gasteiger partial charge in [-0.2, -0.15) is 5.26 Å². The lowest BCUT2D eigenvalue weighted by Crippen LogP contribution is -1.99. The van der Waals surface area contributed by atoms with E-state index in [0.717, 1.165) is 0 Å². The van der Waals surface area contributed by atoms with Crippen LogP contribution in [0.2, 0.25) is 0 Å². The van der Waals surface area contributed by atoms with E-state index in [0.29, 0.717) is 11.1 Å². The highest BCUT2D eigenvalue weighted by Crippen LogP contribution is 2.08. The number of hydrogen-bond donors (Lipinski definition) is 1. The zero-order valence-corrected chi connectivity index (χ0v) is 7.84. The van der Waals surface area contributed by atoms with Crippen LogP contribution in [0, 0.1) is 17.1 Å². The van der Waals surface area contributed by atoms with Crippen LogP contribution in [-0.4, -0.2) is 0 Å². The van der Waals surface area contributed by atoms with Crippen LogP contribution >= 0.6 is 0 Å². The first-order valence-corrected chi connectivity index (χ1v) is 4.16. The normalized spacial score (nSPS) is 8.23. The summed E-state index contributed by atoms with van der Waals surface area (Å²) in [5, 5.41) is 8.44. The third kappa shape index (κ3) is 3.22. The molecule has 2 nitrogen and oxygen atoms in total. The molecule has 3 heteroatoms. The third-order valence-electron chi connectivity index (χ3n) is 1.39. The van der Waals surface area contributed by atoms with Crippen molar-refractivity contribution >= 4 is 0 Å². The van der Waals surface area contributed by atoms with Crippen LogP contribution in [0.4, 0.5) is 4.39 Å². The van der Waals surface area contributed by atoms with Crippen LogP contribution in [0.25, 0.3) is 0 Å². The molecule has 1 aromatic carbocycles. The van der Waals surface area contributed by atoms with Crippen LogP contribution in [-0.2, 0) is 6.54 Å². The Morgan fingerprint density at radius 3 is 2.54 bits per heavy atom. The lowest BCUT2D eigenvalue weighted by atomic mass is 10.1. The van der Waals surface area contributed by atoms with E-state index >= 15 is 0 Å². The Hall–Kier alpha value is -1.40. The van der Waals surface area contributed by atoms with Crippen molar-refractivity contribution in [2.75, 3.05) is 0 Å². The average molecular weight is 180 g/mol. The first-order valence-electron chi connectivity index (χ1n) is 4.16. The number of halogens is 1. The first kappa shape index (κ1) is 11.6. The van der Waals surface area contributed by atoms with Crippen molar-refractivity contribution in [1.29, 1.82) is 5.26 Å². The lowest BCUT2D eigenvalue weighted by molar-refractivity contribution is 0.610. The fourth-order valence-electron chi connectivity index (χ4n) is 0.801. The predicted octanol–water partition coefficient (Wildman–Crippen LogP) is 2.18. The highest BCUT2D eigenvalue weighted by molar-refractivity contribution is 5.33. The van der Waals surface area contributed by atoms with Crippen molar-refractivity contribution in [3.05, 3.63) is 35.1 Å². The van der Waals surface area contributed by atoms with E-state index in [1.165, 1.54) is 18.2 Å². The molecule has 0 atom stereocenters. The number of nitrogens with zero attached hydrogens (tertiary/aromatic N) is 1. The van der Waals surface area contributed by atoms with E-state index in [1.54, 1.807) is 0 Å². The summed E-state index contributed by atoms with van der Waals surface area (Å²) >= 11 is 0. The van der Waals surface area contributed by atoms with Crippen molar-refractivity contribution in [3.63, 3.8) is 0 Å². The molecule has 0 fully saturated rings. The van der Waals surface area contributed by atoms with E-state index in [4.69, 9.17) is 11.0 Å². The van der Waals surface area contributed by atoms with Crippen LogP contribution in [0.15, 0.2) is 18.2 Å². The SMILES string of the molecule is CC.N#Cc1ccc(F)c(CN)c1. The van der Waals surface area contributed by atoms with Crippen molar-refractivity contribution in [3.8, 4) is 6.07 Å². The molecule has 1 aromatic rings. The summed E-state index contributed by atoms with van der Waals surface area (Å²) in [4.78, 5) is 0. The van der Waals surface area contributed by atoms with Gasteiger partial charge in [0.25, 0.3) is 0 Å². The lowest BCUT2D eigenvalue weighted by Gasteiger charge is -1.97. The summed E-state index contributed by atoms with van der Waals surface area (Å²) < 4.78 is 12.7. The summed E-state index contributed by atoms with van der Waals surface area (Å²) in [6, 6.07) is 6.04. The van der Waals surface area contributed by atoms with Gasteiger partial charge in [0, 0.05) is 12.1 Å². The topological polar surface area (TPSA) is 49.8 Å². The Morgan fingerprint density at radius 1 is 1.46 bits per heavy atom. The first-order chi connectivity index (χ1) is 6.27. The molecule has 0 aliphatic heterocycles. The maximum atomic E-state index is 12.7. The number of rotatable bonds is 1. The smallest absolute Gasteiger partial charge is 0.127 e. The van der Waals surface area contributed by atoms with Gasteiger partial charge in [0.1, 0.15) is 5.82 Å². The third-order valence-corrected chi connectivity index (χ3v) is 1.39. The van der Waals surface area contributed by atoms with Crippen molar-refractivity contribution in [2.45, 2.75) is 20.4 Å². The summed E-state index contributed by atoms with van der Waals surface area (Å²) in [5.41, 5.74) is 6.04. The number of benzene rings is 1. The summed E-state index contributed by atoms with van der Waals surface area (Å²) in [7, 11) is 0. The van der Waals surface area contributed by atoms with Gasteiger partial charge in [0.2, 0.25) is 0 Å². The van der Waals surface area contributed by atoms with Crippen molar-refractivity contribution in [1.82, 2.24) is 0 Å². The molecule has 13 heavy (non-hydrogen) atoms. The maximum absolute atomic E-state index is 12.7.